The molecule has 0 amide bonds. The lowest BCUT2D eigenvalue weighted by molar-refractivity contribution is -0.139. The second-order valence-corrected chi connectivity index (χ2v) is 6.00. The van der Waals surface area contributed by atoms with Crippen LogP contribution in [0.1, 0.15) is 11.1 Å². The van der Waals surface area contributed by atoms with Crippen LogP contribution in [0.15, 0.2) is 36.4 Å². The highest BCUT2D eigenvalue weighted by molar-refractivity contribution is 5.78. The first kappa shape index (κ1) is 19.2. The predicted octanol–water partition coefficient (Wildman–Crippen LogP) is 0.674. The van der Waals surface area contributed by atoms with Crippen molar-refractivity contribution in [1.29, 1.82) is 0 Å². The van der Waals surface area contributed by atoms with Gasteiger partial charge in [0, 0.05) is 11.1 Å². The maximum Gasteiger partial charge on any atom is 0.320 e. The number of hydrogen-bond acceptors (Lipinski definition) is 6. The topological polar surface area (TPSA) is 167 Å². The molecule has 0 aromatic heterocycles. The summed E-state index contributed by atoms with van der Waals surface area (Å²) in [5, 5.41) is 38.1. The van der Waals surface area contributed by atoms with Crippen molar-refractivity contribution in [2.24, 2.45) is 11.5 Å². The Morgan fingerprint density at radius 1 is 0.769 bits per heavy atom. The molecule has 2 aromatic carbocycles. The molecule has 8 nitrogen and oxygen atoms in total. The number of phenols is 2. The van der Waals surface area contributed by atoms with Gasteiger partial charge >= 0.3 is 11.9 Å². The maximum absolute atomic E-state index is 10.9. The maximum atomic E-state index is 10.9. The number of aromatic hydroxyl groups is 2. The van der Waals surface area contributed by atoms with E-state index in [1.54, 1.807) is 12.1 Å². The first-order chi connectivity index (χ1) is 12.2. The molecule has 0 saturated heterocycles. The van der Waals surface area contributed by atoms with Crippen molar-refractivity contribution in [2.45, 2.75) is 24.9 Å². The number of aliphatic carboxylic acids is 2. The third kappa shape index (κ3) is 4.50. The Balaban J connectivity index is 2.40. The Morgan fingerprint density at radius 3 is 1.42 bits per heavy atom. The summed E-state index contributed by atoms with van der Waals surface area (Å²) in [7, 11) is 0. The minimum Gasteiger partial charge on any atom is -0.507 e. The van der Waals surface area contributed by atoms with Gasteiger partial charge < -0.3 is 31.9 Å². The third-order valence-electron chi connectivity index (χ3n) is 3.96. The minimum atomic E-state index is -1.15. The highest BCUT2D eigenvalue weighted by Gasteiger charge is 2.17. The summed E-state index contributed by atoms with van der Waals surface area (Å²) in [6, 6.07) is 6.73. The lowest BCUT2D eigenvalue weighted by Crippen LogP contribution is -2.32. The van der Waals surface area contributed by atoms with E-state index < -0.39 is 24.0 Å². The monoisotopic (exact) mass is 360 g/mol. The van der Waals surface area contributed by atoms with Crippen LogP contribution < -0.4 is 11.5 Å². The summed E-state index contributed by atoms with van der Waals surface area (Å²) in [5.41, 5.74) is 12.8. The molecule has 0 fully saturated rings. The van der Waals surface area contributed by atoms with Gasteiger partial charge in [-0.05, 0) is 48.2 Å². The first-order valence-corrected chi connectivity index (χ1v) is 7.80. The van der Waals surface area contributed by atoms with Gasteiger partial charge in [0.05, 0.1) is 0 Å². The molecule has 0 heterocycles. The SMILES string of the molecule is N[C@H](Cc1ccc(O)c(-c2cc(C[C@@H](N)C(=O)O)ccc2O)c1)C(=O)O. The molecule has 0 bridgehead atoms. The van der Waals surface area contributed by atoms with Gasteiger partial charge in [0.15, 0.2) is 0 Å². The van der Waals surface area contributed by atoms with E-state index in [1.165, 1.54) is 24.3 Å². The van der Waals surface area contributed by atoms with Crippen LogP contribution in [0, 0.1) is 0 Å². The normalized spacial score (nSPS) is 13.2. The van der Waals surface area contributed by atoms with Gasteiger partial charge in [-0.1, -0.05) is 12.1 Å². The van der Waals surface area contributed by atoms with Crippen LogP contribution in [0.4, 0.5) is 0 Å². The second-order valence-electron chi connectivity index (χ2n) is 6.00. The number of rotatable bonds is 7. The highest BCUT2D eigenvalue weighted by atomic mass is 16.4. The Labute approximate surface area is 149 Å². The molecule has 0 saturated carbocycles. The standard InChI is InChI=1S/C18H20N2O6/c19-13(17(23)24)7-9-1-3-15(21)11(5-9)12-6-10(2-4-16(12)22)8-14(20)18(25)26/h1-6,13-14,21-22H,7-8,19-20H2,(H,23,24)(H,25,26)/t13-,14-/m1/s1. The third-order valence-corrected chi connectivity index (χ3v) is 3.96. The first-order valence-electron chi connectivity index (χ1n) is 7.80. The van der Waals surface area contributed by atoms with E-state index >= 15 is 0 Å². The van der Waals surface area contributed by atoms with Gasteiger partial charge in [0.25, 0.3) is 0 Å². The van der Waals surface area contributed by atoms with Gasteiger partial charge in [-0.3, -0.25) is 9.59 Å². The molecule has 138 valence electrons. The molecule has 0 aliphatic carbocycles. The number of carbonyl (C=O) groups is 2. The van der Waals surface area contributed by atoms with E-state index in [1.807, 2.05) is 0 Å². The van der Waals surface area contributed by atoms with Crippen molar-refractivity contribution >= 4 is 11.9 Å². The number of carboxylic acids is 2. The van der Waals surface area contributed by atoms with Crippen LogP contribution >= 0.6 is 0 Å². The number of phenolic OH excluding ortho intramolecular Hbond substituents is 2. The van der Waals surface area contributed by atoms with Gasteiger partial charge in [-0.2, -0.15) is 0 Å². The molecule has 2 rings (SSSR count). The summed E-state index contributed by atoms with van der Waals surface area (Å²) in [6.45, 7) is 0. The van der Waals surface area contributed by atoms with E-state index in [0.29, 0.717) is 11.1 Å². The van der Waals surface area contributed by atoms with Crippen LogP contribution in [0.25, 0.3) is 11.1 Å². The minimum absolute atomic E-state index is 0.0486. The van der Waals surface area contributed by atoms with Crippen molar-refractivity contribution in [2.75, 3.05) is 0 Å². The van der Waals surface area contributed by atoms with Crippen LogP contribution in [-0.2, 0) is 22.4 Å². The van der Waals surface area contributed by atoms with Crippen LogP contribution in [0.5, 0.6) is 11.5 Å². The van der Waals surface area contributed by atoms with Crippen molar-refractivity contribution in [1.82, 2.24) is 0 Å². The lowest BCUT2D eigenvalue weighted by atomic mass is 9.95. The Morgan fingerprint density at radius 2 is 1.12 bits per heavy atom. The van der Waals surface area contributed by atoms with Gasteiger partial charge in [-0.25, -0.2) is 0 Å². The summed E-state index contributed by atoms with van der Waals surface area (Å²) in [5.74, 6) is -2.53. The van der Waals surface area contributed by atoms with E-state index in [-0.39, 0.29) is 35.5 Å². The molecule has 0 aliphatic rings. The fourth-order valence-corrected chi connectivity index (χ4v) is 2.53. The van der Waals surface area contributed by atoms with Crippen LogP contribution in [-0.4, -0.2) is 44.4 Å². The van der Waals surface area contributed by atoms with Gasteiger partial charge in [0.1, 0.15) is 23.6 Å². The molecule has 2 atom stereocenters. The molecule has 8 N–H and O–H groups in total. The zero-order chi connectivity index (χ0) is 19.4. The summed E-state index contributed by atoms with van der Waals surface area (Å²) in [6.07, 6.45) is 0.0971. The van der Waals surface area contributed by atoms with E-state index in [2.05, 4.69) is 0 Å². The van der Waals surface area contributed by atoms with E-state index in [4.69, 9.17) is 21.7 Å². The smallest absolute Gasteiger partial charge is 0.320 e. The number of nitrogens with two attached hydrogens (primary N) is 2. The van der Waals surface area contributed by atoms with E-state index in [0.717, 1.165) is 0 Å². The molecule has 0 radical (unpaired) electrons. The largest absolute Gasteiger partial charge is 0.507 e. The lowest BCUT2D eigenvalue weighted by Gasteiger charge is -2.13. The quantitative estimate of drug-likeness (QED) is 0.419. The summed E-state index contributed by atoms with van der Waals surface area (Å²) in [4.78, 5) is 21.8. The fourth-order valence-electron chi connectivity index (χ4n) is 2.53. The Kier molecular flexibility index (Phi) is 5.81. The molecular formula is C18H20N2O6. The Bertz CT molecular complexity index is 767. The predicted molar refractivity (Wildman–Crippen MR) is 93.8 cm³/mol. The summed E-state index contributed by atoms with van der Waals surface area (Å²) >= 11 is 0. The highest BCUT2D eigenvalue weighted by Crippen LogP contribution is 2.37. The van der Waals surface area contributed by atoms with Gasteiger partial charge in [0.2, 0.25) is 0 Å². The molecule has 2 aromatic rings. The van der Waals surface area contributed by atoms with Crippen LogP contribution in [0.3, 0.4) is 0 Å². The molecule has 0 spiro atoms. The summed E-state index contributed by atoms with van der Waals surface area (Å²) < 4.78 is 0. The number of hydrogen-bond donors (Lipinski definition) is 6. The number of benzene rings is 2. The molecule has 0 unspecified atom stereocenters. The molecule has 0 aliphatic heterocycles. The molecule has 26 heavy (non-hydrogen) atoms. The van der Waals surface area contributed by atoms with Crippen molar-refractivity contribution in [3.05, 3.63) is 47.5 Å². The Hall–Kier alpha value is -3.10. The van der Waals surface area contributed by atoms with Crippen molar-refractivity contribution in [3.63, 3.8) is 0 Å². The second kappa shape index (κ2) is 7.85. The van der Waals surface area contributed by atoms with Gasteiger partial charge in [-0.15, -0.1) is 0 Å². The van der Waals surface area contributed by atoms with Crippen molar-refractivity contribution < 1.29 is 30.0 Å². The average molecular weight is 360 g/mol. The number of carboxylic acid groups (broad SMARTS) is 2. The zero-order valence-corrected chi connectivity index (χ0v) is 13.8. The molecule has 8 heteroatoms. The van der Waals surface area contributed by atoms with E-state index in [9.17, 15) is 19.8 Å². The average Bonchev–Trinajstić information content (AvgIpc) is 2.58. The van der Waals surface area contributed by atoms with Crippen LogP contribution in [0.2, 0.25) is 0 Å². The molecular weight excluding hydrogens is 340 g/mol. The fraction of sp³-hybridized carbons (Fsp3) is 0.222. The van der Waals surface area contributed by atoms with Crippen molar-refractivity contribution in [3.8, 4) is 22.6 Å². The zero-order valence-electron chi connectivity index (χ0n) is 13.8.